The quantitative estimate of drug-likeness (QED) is 0.920. The molecule has 0 amide bonds. The molecule has 2 unspecified atom stereocenters. The first kappa shape index (κ1) is 13.5. The molecule has 1 fully saturated rings. The van der Waals surface area contributed by atoms with Crippen molar-refractivity contribution in [3.63, 3.8) is 0 Å². The zero-order valence-electron chi connectivity index (χ0n) is 10.9. The zero-order chi connectivity index (χ0) is 14.1. The van der Waals surface area contributed by atoms with E-state index in [-0.39, 0.29) is 6.04 Å². The van der Waals surface area contributed by atoms with Gasteiger partial charge in [0, 0.05) is 41.7 Å². The molecule has 0 bridgehead atoms. The third kappa shape index (κ3) is 2.69. The van der Waals surface area contributed by atoms with Crippen LogP contribution in [0.2, 0.25) is 0 Å². The molecule has 2 atom stereocenters. The van der Waals surface area contributed by atoms with E-state index in [0.717, 1.165) is 13.0 Å². The van der Waals surface area contributed by atoms with Crippen molar-refractivity contribution >= 4 is 17.0 Å². The van der Waals surface area contributed by atoms with Crippen LogP contribution in [0.1, 0.15) is 17.2 Å². The molecule has 5 heteroatoms. The highest BCUT2D eigenvalue weighted by atomic mass is 32.1. The Kier molecular flexibility index (Phi) is 3.72. The Morgan fingerprint density at radius 1 is 1.15 bits per heavy atom. The van der Waals surface area contributed by atoms with Gasteiger partial charge < -0.3 is 10.6 Å². The second-order valence-electron chi connectivity index (χ2n) is 5.21. The molecule has 2 aromatic rings. The molecule has 2 nitrogen and oxygen atoms in total. The molecular formula is C15H16F2N2S. The molecule has 1 aromatic heterocycles. The molecule has 0 aliphatic carbocycles. The van der Waals surface area contributed by atoms with Gasteiger partial charge >= 0.3 is 0 Å². The highest BCUT2D eigenvalue weighted by molar-refractivity contribution is 7.10. The van der Waals surface area contributed by atoms with Crippen molar-refractivity contribution in [2.24, 2.45) is 5.73 Å². The van der Waals surface area contributed by atoms with E-state index in [1.54, 1.807) is 17.4 Å². The van der Waals surface area contributed by atoms with Crippen LogP contribution in [0.25, 0.3) is 0 Å². The summed E-state index contributed by atoms with van der Waals surface area (Å²) in [7, 11) is 0. The second kappa shape index (κ2) is 5.50. The highest BCUT2D eigenvalue weighted by Crippen LogP contribution is 2.32. The average Bonchev–Trinajstić information content (AvgIpc) is 2.95. The molecule has 1 saturated heterocycles. The number of rotatable bonds is 2. The molecule has 0 saturated carbocycles. The Hall–Kier alpha value is -1.46. The molecule has 0 radical (unpaired) electrons. The zero-order valence-corrected chi connectivity index (χ0v) is 11.7. The van der Waals surface area contributed by atoms with E-state index >= 15 is 0 Å². The van der Waals surface area contributed by atoms with E-state index in [0.29, 0.717) is 18.2 Å². The van der Waals surface area contributed by atoms with E-state index in [1.807, 2.05) is 11.0 Å². The maximum atomic E-state index is 13.4. The van der Waals surface area contributed by atoms with Crippen LogP contribution >= 0.6 is 11.3 Å². The minimum absolute atomic E-state index is 0.0453. The van der Waals surface area contributed by atoms with Crippen LogP contribution in [0.15, 0.2) is 35.7 Å². The molecule has 106 valence electrons. The first-order chi connectivity index (χ1) is 9.63. The second-order valence-corrected chi connectivity index (χ2v) is 6.19. The maximum Gasteiger partial charge on any atom is 0.160 e. The molecule has 0 spiro atoms. The van der Waals surface area contributed by atoms with Gasteiger partial charge in [0.25, 0.3) is 0 Å². The SMILES string of the molecule is NC1CC(c2cccs2)CN(c2ccc(F)c(F)c2)C1. The number of benzene rings is 1. The largest absolute Gasteiger partial charge is 0.369 e. The minimum atomic E-state index is -0.815. The van der Waals surface area contributed by atoms with Crippen LogP contribution in [0, 0.1) is 11.6 Å². The molecule has 2 heterocycles. The van der Waals surface area contributed by atoms with Crippen LogP contribution in [-0.4, -0.2) is 19.1 Å². The summed E-state index contributed by atoms with van der Waals surface area (Å²) < 4.78 is 26.4. The van der Waals surface area contributed by atoms with Crippen molar-refractivity contribution in [3.8, 4) is 0 Å². The average molecular weight is 294 g/mol. The summed E-state index contributed by atoms with van der Waals surface area (Å²) in [5, 5.41) is 2.05. The van der Waals surface area contributed by atoms with Gasteiger partial charge in [-0.15, -0.1) is 11.3 Å². The predicted molar refractivity (Wildman–Crippen MR) is 78.2 cm³/mol. The summed E-state index contributed by atoms with van der Waals surface area (Å²) >= 11 is 1.72. The van der Waals surface area contributed by atoms with Crippen LogP contribution in [0.4, 0.5) is 14.5 Å². The lowest BCUT2D eigenvalue weighted by Crippen LogP contribution is -2.46. The molecule has 1 aromatic carbocycles. The van der Waals surface area contributed by atoms with E-state index in [2.05, 4.69) is 11.4 Å². The van der Waals surface area contributed by atoms with Gasteiger partial charge in [-0.1, -0.05) is 6.07 Å². The molecule has 2 N–H and O–H groups in total. The fraction of sp³-hybridized carbons (Fsp3) is 0.333. The van der Waals surface area contributed by atoms with Crippen molar-refractivity contribution in [3.05, 3.63) is 52.2 Å². The van der Waals surface area contributed by atoms with Crippen LogP contribution < -0.4 is 10.6 Å². The summed E-state index contributed by atoms with van der Waals surface area (Å²) in [6.07, 6.45) is 0.931. The first-order valence-electron chi connectivity index (χ1n) is 6.62. The predicted octanol–water partition coefficient (Wildman–Crippen LogP) is 3.35. The number of thiophene rings is 1. The number of halogens is 2. The normalized spacial score (nSPS) is 23.1. The first-order valence-corrected chi connectivity index (χ1v) is 7.50. The van der Waals surface area contributed by atoms with Gasteiger partial charge in [-0.05, 0) is 30.0 Å². The number of hydrogen-bond donors (Lipinski definition) is 1. The Morgan fingerprint density at radius 2 is 2.00 bits per heavy atom. The van der Waals surface area contributed by atoms with Crippen molar-refractivity contribution in [2.45, 2.75) is 18.4 Å². The Bertz CT molecular complexity index is 586. The number of piperidine rings is 1. The lowest BCUT2D eigenvalue weighted by molar-refractivity contribution is 0.456. The minimum Gasteiger partial charge on any atom is -0.369 e. The standard InChI is InChI=1S/C15H16F2N2S/c16-13-4-3-12(7-14(13)17)19-8-10(6-11(18)9-19)15-2-1-5-20-15/h1-5,7,10-11H,6,8-9,18H2. The summed E-state index contributed by atoms with van der Waals surface area (Å²) in [4.78, 5) is 3.34. The van der Waals surface area contributed by atoms with Crippen LogP contribution in [0.5, 0.6) is 0 Å². The van der Waals surface area contributed by atoms with Gasteiger partial charge in [0.1, 0.15) is 0 Å². The lowest BCUT2D eigenvalue weighted by atomic mass is 9.93. The smallest absolute Gasteiger partial charge is 0.160 e. The van der Waals surface area contributed by atoms with E-state index in [9.17, 15) is 8.78 Å². The van der Waals surface area contributed by atoms with Gasteiger partial charge in [0.2, 0.25) is 0 Å². The van der Waals surface area contributed by atoms with Crippen LogP contribution in [0.3, 0.4) is 0 Å². The van der Waals surface area contributed by atoms with Crippen molar-refractivity contribution in [1.29, 1.82) is 0 Å². The van der Waals surface area contributed by atoms with Crippen LogP contribution in [-0.2, 0) is 0 Å². The molecular weight excluding hydrogens is 278 g/mol. The molecule has 1 aliphatic heterocycles. The summed E-state index contributed by atoms with van der Waals surface area (Å²) in [6.45, 7) is 1.46. The Labute approximate surface area is 120 Å². The molecule has 1 aliphatic rings. The number of hydrogen-bond acceptors (Lipinski definition) is 3. The van der Waals surface area contributed by atoms with Gasteiger partial charge in [0.05, 0.1) is 0 Å². The third-order valence-electron chi connectivity index (χ3n) is 3.70. The van der Waals surface area contributed by atoms with Gasteiger partial charge in [0.15, 0.2) is 11.6 Å². The Morgan fingerprint density at radius 3 is 2.70 bits per heavy atom. The van der Waals surface area contributed by atoms with Gasteiger partial charge in [-0.25, -0.2) is 8.78 Å². The maximum absolute atomic E-state index is 13.4. The molecule has 20 heavy (non-hydrogen) atoms. The number of nitrogens with zero attached hydrogens (tertiary/aromatic N) is 1. The lowest BCUT2D eigenvalue weighted by Gasteiger charge is -2.37. The Balaban J connectivity index is 1.84. The van der Waals surface area contributed by atoms with E-state index < -0.39 is 11.6 Å². The van der Waals surface area contributed by atoms with E-state index in [4.69, 9.17) is 5.73 Å². The summed E-state index contributed by atoms with van der Waals surface area (Å²) in [6, 6.07) is 8.22. The monoisotopic (exact) mass is 294 g/mol. The van der Waals surface area contributed by atoms with Crippen molar-refractivity contribution < 1.29 is 8.78 Å². The number of nitrogens with two attached hydrogens (primary N) is 1. The third-order valence-corrected chi connectivity index (χ3v) is 4.73. The summed E-state index contributed by atoms with van der Waals surface area (Å²) in [5.41, 5.74) is 6.82. The molecule has 3 rings (SSSR count). The fourth-order valence-corrected chi connectivity index (χ4v) is 3.60. The topological polar surface area (TPSA) is 29.3 Å². The van der Waals surface area contributed by atoms with Gasteiger partial charge in [-0.3, -0.25) is 0 Å². The fourth-order valence-electron chi connectivity index (χ4n) is 2.76. The van der Waals surface area contributed by atoms with Gasteiger partial charge in [-0.2, -0.15) is 0 Å². The van der Waals surface area contributed by atoms with Crippen molar-refractivity contribution in [1.82, 2.24) is 0 Å². The highest BCUT2D eigenvalue weighted by Gasteiger charge is 2.27. The van der Waals surface area contributed by atoms with Crippen molar-refractivity contribution in [2.75, 3.05) is 18.0 Å². The van der Waals surface area contributed by atoms with E-state index in [1.165, 1.54) is 17.0 Å². The summed E-state index contributed by atoms with van der Waals surface area (Å²) in [5.74, 6) is -1.27. The number of anilines is 1.